The van der Waals surface area contributed by atoms with Crippen LogP contribution in [0.4, 0.5) is 0 Å². The normalized spacial score (nSPS) is 38.6. The van der Waals surface area contributed by atoms with E-state index in [1.165, 1.54) is 57.8 Å². The molecule has 8 atom stereocenters. The van der Waals surface area contributed by atoms with Crippen molar-refractivity contribution in [3.63, 3.8) is 0 Å². The van der Waals surface area contributed by atoms with Gasteiger partial charge in [-0.2, -0.15) is 0 Å². The first-order chi connectivity index (χ1) is 15.3. The van der Waals surface area contributed by atoms with Gasteiger partial charge in [0.1, 0.15) is 0 Å². The Morgan fingerprint density at radius 3 is 1.66 bits per heavy atom. The molecule has 4 saturated carbocycles. The average molecular weight is 447 g/mol. The van der Waals surface area contributed by atoms with Gasteiger partial charge in [-0.25, -0.2) is 0 Å². The molecule has 4 aliphatic carbocycles. The summed E-state index contributed by atoms with van der Waals surface area (Å²) in [6.45, 7) is 19.2. The molecule has 0 heterocycles. The molecule has 0 amide bonds. The summed E-state index contributed by atoms with van der Waals surface area (Å²) < 4.78 is 0. The maximum Gasteiger partial charge on any atom is -0.0306 e. The Morgan fingerprint density at radius 1 is 0.656 bits per heavy atom. The first-order valence-corrected chi connectivity index (χ1v) is 15.3. The molecule has 0 radical (unpaired) electrons. The highest BCUT2D eigenvalue weighted by Crippen LogP contribution is 2.59. The summed E-state index contributed by atoms with van der Waals surface area (Å²) in [6, 6.07) is 0. The molecule has 8 unspecified atom stereocenters. The average Bonchev–Trinajstić information content (AvgIpc) is 3.25. The molecule has 0 N–H and O–H groups in total. The molecule has 0 bridgehead atoms. The summed E-state index contributed by atoms with van der Waals surface area (Å²) in [4.78, 5) is 0. The second-order valence-corrected chi connectivity index (χ2v) is 13.3. The van der Waals surface area contributed by atoms with Crippen molar-refractivity contribution >= 4 is 0 Å². The Bertz CT molecular complexity index is 488. The van der Waals surface area contributed by atoms with Crippen LogP contribution < -0.4 is 0 Å². The Balaban J connectivity index is 0.000000395. The topological polar surface area (TPSA) is 0 Å². The van der Waals surface area contributed by atoms with Crippen LogP contribution >= 0.6 is 0 Å². The van der Waals surface area contributed by atoms with Crippen LogP contribution in [0.1, 0.15) is 152 Å². The molecule has 0 spiro atoms. The number of rotatable bonds is 5. The van der Waals surface area contributed by atoms with Crippen molar-refractivity contribution in [2.24, 2.45) is 52.8 Å². The third kappa shape index (κ3) is 7.25. The summed E-state index contributed by atoms with van der Waals surface area (Å²) in [6.07, 6.45) is 22.3. The highest BCUT2D eigenvalue weighted by Gasteiger charge is 2.51. The molecule has 32 heavy (non-hydrogen) atoms. The number of hydrogen-bond acceptors (Lipinski definition) is 0. The lowest BCUT2D eigenvalue weighted by Crippen LogP contribution is -2.36. The van der Waals surface area contributed by atoms with Gasteiger partial charge in [0.25, 0.3) is 0 Å². The van der Waals surface area contributed by atoms with E-state index in [9.17, 15) is 0 Å². The Labute approximate surface area is 204 Å². The zero-order valence-electron chi connectivity index (χ0n) is 23.7. The van der Waals surface area contributed by atoms with Crippen molar-refractivity contribution in [2.75, 3.05) is 0 Å². The fourth-order valence-electron chi connectivity index (χ4n) is 9.01. The lowest BCUT2D eigenvalue weighted by atomic mass is 9.61. The second kappa shape index (κ2) is 13.8. The van der Waals surface area contributed by atoms with E-state index in [1.807, 2.05) is 0 Å². The van der Waals surface area contributed by atoms with Crippen LogP contribution in [-0.2, 0) is 0 Å². The van der Waals surface area contributed by atoms with E-state index >= 15 is 0 Å². The van der Waals surface area contributed by atoms with E-state index in [1.54, 1.807) is 38.5 Å². The maximum atomic E-state index is 2.67. The van der Waals surface area contributed by atoms with Crippen molar-refractivity contribution in [3.05, 3.63) is 0 Å². The zero-order valence-corrected chi connectivity index (χ0v) is 23.7. The molecule has 4 rings (SSSR count). The highest BCUT2D eigenvalue weighted by molar-refractivity contribution is 5.00. The predicted octanol–water partition coefficient (Wildman–Crippen LogP) is 10.9. The van der Waals surface area contributed by atoms with Crippen molar-refractivity contribution in [1.82, 2.24) is 0 Å². The Kier molecular flexibility index (Phi) is 12.2. The van der Waals surface area contributed by atoms with Crippen molar-refractivity contribution < 1.29 is 0 Å². The second-order valence-electron chi connectivity index (χ2n) is 13.3. The van der Waals surface area contributed by atoms with Gasteiger partial charge in [-0.15, -0.1) is 0 Å². The predicted molar refractivity (Wildman–Crippen MR) is 145 cm³/mol. The highest BCUT2D eigenvalue weighted by atomic mass is 14.6. The van der Waals surface area contributed by atoms with E-state index in [2.05, 4.69) is 55.4 Å². The molecule has 190 valence electrons. The van der Waals surface area contributed by atoms with Gasteiger partial charge < -0.3 is 0 Å². The molecule has 0 aromatic rings. The third-order valence-electron chi connectivity index (χ3n) is 10.0. The van der Waals surface area contributed by atoms with Gasteiger partial charge in [-0.1, -0.05) is 120 Å². The van der Waals surface area contributed by atoms with Crippen LogP contribution in [0.25, 0.3) is 0 Å². The molecular formula is C32H62. The van der Waals surface area contributed by atoms with Crippen LogP contribution in [0.15, 0.2) is 0 Å². The minimum atomic E-state index is 0.571. The Morgan fingerprint density at radius 2 is 1.12 bits per heavy atom. The molecule has 4 aliphatic rings. The van der Waals surface area contributed by atoms with Crippen molar-refractivity contribution in [2.45, 2.75) is 152 Å². The van der Waals surface area contributed by atoms with Crippen molar-refractivity contribution in [3.8, 4) is 0 Å². The van der Waals surface area contributed by atoms with Crippen LogP contribution in [0.2, 0.25) is 0 Å². The molecule has 0 aliphatic heterocycles. The summed E-state index contributed by atoms with van der Waals surface area (Å²) in [5.41, 5.74) is 0.571. The van der Waals surface area contributed by atoms with Crippen LogP contribution in [0.5, 0.6) is 0 Å². The lowest BCUT2D eigenvalue weighted by molar-refractivity contribution is 0.0511. The van der Waals surface area contributed by atoms with Gasteiger partial charge in [0.05, 0.1) is 0 Å². The molecule has 0 saturated heterocycles. The van der Waals surface area contributed by atoms with Crippen LogP contribution in [0, 0.1) is 52.8 Å². The number of unbranched alkanes of at least 4 members (excludes halogenated alkanes) is 2. The molecule has 0 aromatic heterocycles. The first-order valence-electron chi connectivity index (χ1n) is 15.3. The summed E-state index contributed by atoms with van der Waals surface area (Å²) in [5, 5.41) is 0. The first kappa shape index (κ1) is 28.2. The zero-order chi connectivity index (χ0) is 23.7. The fourth-order valence-corrected chi connectivity index (χ4v) is 9.01. The quantitative estimate of drug-likeness (QED) is 0.394. The molecular weight excluding hydrogens is 384 g/mol. The summed E-state index contributed by atoms with van der Waals surface area (Å²) in [5.74, 6) is 8.37. The van der Waals surface area contributed by atoms with E-state index in [4.69, 9.17) is 0 Å². The summed E-state index contributed by atoms with van der Waals surface area (Å²) in [7, 11) is 0. The lowest BCUT2D eigenvalue weighted by Gasteiger charge is -2.44. The van der Waals surface area contributed by atoms with E-state index in [0.717, 1.165) is 47.3 Å². The standard InChI is InChI=1S/C24H42.C5H12.C3H8/c1-16-13-18-9-5-7-11-20(18)22(16)15-24(3,4)23-17(2)14-19-10-6-8-12-21(19)23;1-3-5-4-2;1-3-2/h16-23H,5-15H2,1-4H3;3-5H2,1-2H3;3H2,1-2H3. The SMILES string of the molecule is CC1CC2CCCCC2C1CC(C)(C)C1C(C)CC2CCCCC21.CCC.CCCCC. The maximum absolute atomic E-state index is 2.67. The largest absolute Gasteiger partial charge is 0.0656 e. The summed E-state index contributed by atoms with van der Waals surface area (Å²) >= 11 is 0. The monoisotopic (exact) mass is 446 g/mol. The van der Waals surface area contributed by atoms with Gasteiger partial charge in [0, 0.05) is 0 Å². The molecule has 0 nitrogen and oxygen atoms in total. The van der Waals surface area contributed by atoms with Gasteiger partial charge in [0.15, 0.2) is 0 Å². The smallest absolute Gasteiger partial charge is 0.0306 e. The third-order valence-corrected chi connectivity index (χ3v) is 10.0. The minimum absolute atomic E-state index is 0.571. The van der Waals surface area contributed by atoms with E-state index in [-0.39, 0.29) is 0 Å². The van der Waals surface area contributed by atoms with E-state index < -0.39 is 0 Å². The van der Waals surface area contributed by atoms with Gasteiger partial charge in [-0.3, -0.25) is 0 Å². The van der Waals surface area contributed by atoms with Gasteiger partial charge in [-0.05, 0) is 84.9 Å². The number of fused-ring (bicyclic) bond motifs is 2. The van der Waals surface area contributed by atoms with E-state index in [0.29, 0.717) is 5.41 Å². The van der Waals surface area contributed by atoms with Gasteiger partial charge in [0.2, 0.25) is 0 Å². The van der Waals surface area contributed by atoms with Crippen LogP contribution in [0.3, 0.4) is 0 Å². The van der Waals surface area contributed by atoms with Crippen molar-refractivity contribution in [1.29, 1.82) is 0 Å². The minimum Gasteiger partial charge on any atom is -0.0656 e. The Hall–Kier alpha value is 0. The molecule has 0 heteroatoms. The fraction of sp³-hybridized carbons (Fsp3) is 1.00. The molecule has 0 aromatic carbocycles. The number of hydrogen-bond donors (Lipinski definition) is 0. The van der Waals surface area contributed by atoms with Crippen LogP contribution in [-0.4, -0.2) is 0 Å². The van der Waals surface area contributed by atoms with Gasteiger partial charge >= 0.3 is 0 Å². The molecule has 4 fully saturated rings.